The molecule has 1 aromatic carbocycles. The second kappa shape index (κ2) is 5.35. The van der Waals surface area contributed by atoms with E-state index in [1.165, 1.54) is 12.1 Å². The van der Waals surface area contributed by atoms with Gasteiger partial charge in [-0.25, -0.2) is 4.39 Å². The molecular formula is C11H12BrFN6. The first-order chi connectivity index (χ1) is 8.95. The van der Waals surface area contributed by atoms with E-state index >= 15 is 0 Å². The molecule has 19 heavy (non-hydrogen) atoms. The summed E-state index contributed by atoms with van der Waals surface area (Å²) in [5, 5.41) is 2.89. The van der Waals surface area contributed by atoms with Crippen LogP contribution >= 0.6 is 15.9 Å². The molecule has 0 aliphatic rings. The van der Waals surface area contributed by atoms with Gasteiger partial charge in [0.15, 0.2) is 0 Å². The van der Waals surface area contributed by atoms with Crippen molar-refractivity contribution >= 4 is 39.5 Å². The van der Waals surface area contributed by atoms with Crippen molar-refractivity contribution in [1.29, 1.82) is 0 Å². The predicted octanol–water partition coefficient (Wildman–Crippen LogP) is 2.16. The van der Waals surface area contributed by atoms with Crippen molar-refractivity contribution in [1.82, 2.24) is 15.0 Å². The van der Waals surface area contributed by atoms with Gasteiger partial charge in [-0.2, -0.15) is 15.0 Å². The molecular weight excluding hydrogens is 315 g/mol. The van der Waals surface area contributed by atoms with Gasteiger partial charge in [-0.1, -0.05) is 0 Å². The normalized spacial score (nSPS) is 10.3. The van der Waals surface area contributed by atoms with E-state index in [9.17, 15) is 4.39 Å². The molecule has 0 bridgehead atoms. The summed E-state index contributed by atoms with van der Waals surface area (Å²) in [5.74, 6) is 0.402. The number of hydrogen-bond acceptors (Lipinski definition) is 6. The van der Waals surface area contributed by atoms with Crippen LogP contribution in [0, 0.1) is 5.82 Å². The van der Waals surface area contributed by atoms with Crippen LogP contribution in [0.5, 0.6) is 0 Å². The van der Waals surface area contributed by atoms with Gasteiger partial charge >= 0.3 is 0 Å². The zero-order valence-corrected chi connectivity index (χ0v) is 11.9. The molecule has 3 N–H and O–H groups in total. The van der Waals surface area contributed by atoms with Gasteiger partial charge in [0.05, 0.1) is 5.69 Å². The highest BCUT2D eigenvalue weighted by Crippen LogP contribution is 2.25. The Kier molecular flexibility index (Phi) is 3.79. The van der Waals surface area contributed by atoms with Gasteiger partial charge in [0, 0.05) is 18.6 Å². The van der Waals surface area contributed by atoms with E-state index in [2.05, 4.69) is 36.2 Å². The van der Waals surface area contributed by atoms with Gasteiger partial charge in [-0.15, -0.1) is 0 Å². The molecule has 1 aromatic heterocycles. The van der Waals surface area contributed by atoms with Crippen molar-refractivity contribution in [2.75, 3.05) is 30.0 Å². The minimum atomic E-state index is -0.361. The van der Waals surface area contributed by atoms with Crippen LogP contribution in [0.2, 0.25) is 0 Å². The van der Waals surface area contributed by atoms with E-state index in [1.54, 1.807) is 25.1 Å². The van der Waals surface area contributed by atoms with Gasteiger partial charge in [-0.3, -0.25) is 0 Å². The van der Waals surface area contributed by atoms with Gasteiger partial charge in [0.1, 0.15) is 5.82 Å². The van der Waals surface area contributed by atoms with Crippen LogP contribution in [0.1, 0.15) is 0 Å². The summed E-state index contributed by atoms with van der Waals surface area (Å²) in [7, 11) is 3.58. The Labute approximate surface area is 118 Å². The number of aromatic nitrogens is 3. The van der Waals surface area contributed by atoms with E-state index in [0.717, 1.165) is 0 Å². The third-order valence-corrected chi connectivity index (χ3v) is 2.91. The number of hydrogen-bond donors (Lipinski definition) is 2. The molecule has 0 unspecified atom stereocenters. The van der Waals surface area contributed by atoms with Gasteiger partial charge < -0.3 is 16.0 Å². The predicted molar refractivity (Wildman–Crippen MR) is 75.9 cm³/mol. The molecule has 0 atom stereocenters. The van der Waals surface area contributed by atoms with Crippen molar-refractivity contribution < 1.29 is 4.39 Å². The number of halogens is 2. The van der Waals surface area contributed by atoms with Gasteiger partial charge in [0.25, 0.3) is 0 Å². The Bertz CT molecular complexity index is 604. The lowest BCUT2D eigenvalue weighted by Crippen LogP contribution is -2.15. The molecule has 8 heteroatoms. The Morgan fingerprint density at radius 2 is 2.00 bits per heavy atom. The lowest BCUT2D eigenvalue weighted by molar-refractivity contribution is 0.628. The van der Waals surface area contributed by atoms with E-state index in [4.69, 9.17) is 5.73 Å². The Morgan fingerprint density at radius 3 is 2.68 bits per heavy atom. The van der Waals surface area contributed by atoms with E-state index < -0.39 is 0 Å². The molecule has 2 rings (SSSR count). The summed E-state index contributed by atoms with van der Waals surface area (Å²) >= 11 is 3.31. The van der Waals surface area contributed by atoms with Crippen molar-refractivity contribution in [3.63, 3.8) is 0 Å². The highest BCUT2D eigenvalue weighted by atomic mass is 79.9. The maximum absolute atomic E-state index is 13.2. The maximum Gasteiger partial charge on any atom is 0.233 e. The summed E-state index contributed by atoms with van der Waals surface area (Å²) in [6.07, 6.45) is 0. The SMILES string of the molecule is CN(C)c1nc(N)nc(Nc2cc(F)ccc2Br)n1. The molecule has 0 fully saturated rings. The standard InChI is InChI=1S/C11H12BrFN6/c1-19(2)11-17-9(14)16-10(18-11)15-8-5-6(13)3-4-7(8)12/h3-5H,1-2H3,(H3,14,15,16,17,18). The third kappa shape index (κ3) is 3.28. The summed E-state index contributed by atoms with van der Waals surface area (Å²) in [6, 6.07) is 4.27. The van der Waals surface area contributed by atoms with Crippen molar-refractivity contribution in [2.45, 2.75) is 0 Å². The second-order valence-electron chi connectivity index (χ2n) is 3.96. The number of anilines is 4. The molecule has 0 saturated heterocycles. The third-order valence-electron chi connectivity index (χ3n) is 2.22. The summed E-state index contributed by atoms with van der Waals surface area (Å²) in [6.45, 7) is 0. The maximum atomic E-state index is 13.2. The van der Waals surface area contributed by atoms with Crippen LogP contribution in [0.25, 0.3) is 0 Å². The fourth-order valence-electron chi connectivity index (χ4n) is 1.35. The summed E-state index contributed by atoms with van der Waals surface area (Å²) in [4.78, 5) is 13.8. The molecule has 1 heterocycles. The second-order valence-corrected chi connectivity index (χ2v) is 4.82. The average Bonchev–Trinajstić information content (AvgIpc) is 2.33. The lowest BCUT2D eigenvalue weighted by Gasteiger charge is -2.12. The first-order valence-corrected chi connectivity index (χ1v) is 6.16. The number of nitrogens with zero attached hydrogens (tertiary/aromatic N) is 4. The number of nitrogen functional groups attached to an aromatic ring is 1. The van der Waals surface area contributed by atoms with Crippen molar-refractivity contribution in [2.24, 2.45) is 0 Å². The molecule has 0 radical (unpaired) electrons. The molecule has 2 aromatic rings. The first-order valence-electron chi connectivity index (χ1n) is 5.36. The summed E-state index contributed by atoms with van der Waals surface area (Å²) in [5.41, 5.74) is 6.11. The first kappa shape index (κ1) is 13.5. The Hall–Kier alpha value is -1.96. The number of nitrogens with one attached hydrogen (secondary N) is 1. The molecule has 6 nitrogen and oxygen atoms in total. The van der Waals surface area contributed by atoms with Gasteiger partial charge in [-0.05, 0) is 34.1 Å². The van der Waals surface area contributed by atoms with Crippen LogP contribution in [-0.2, 0) is 0 Å². The largest absolute Gasteiger partial charge is 0.368 e. The zero-order chi connectivity index (χ0) is 14.0. The fourth-order valence-corrected chi connectivity index (χ4v) is 1.70. The summed E-state index contributed by atoms with van der Waals surface area (Å²) < 4.78 is 13.9. The van der Waals surface area contributed by atoms with Crippen molar-refractivity contribution in [3.05, 3.63) is 28.5 Å². The minimum absolute atomic E-state index is 0.0914. The van der Waals surface area contributed by atoms with Crippen LogP contribution in [-0.4, -0.2) is 29.0 Å². The Balaban J connectivity index is 2.35. The number of rotatable bonds is 3. The molecule has 0 aliphatic heterocycles. The van der Waals surface area contributed by atoms with Crippen LogP contribution in [0.15, 0.2) is 22.7 Å². The van der Waals surface area contributed by atoms with Gasteiger partial charge in [0.2, 0.25) is 17.8 Å². The minimum Gasteiger partial charge on any atom is -0.368 e. The van der Waals surface area contributed by atoms with Crippen LogP contribution in [0.4, 0.5) is 27.9 Å². The molecule has 0 amide bonds. The molecule has 0 aliphatic carbocycles. The number of nitrogens with two attached hydrogens (primary N) is 1. The lowest BCUT2D eigenvalue weighted by atomic mass is 10.3. The van der Waals surface area contributed by atoms with E-state index in [1.807, 2.05) is 0 Å². The topological polar surface area (TPSA) is 80.0 Å². The smallest absolute Gasteiger partial charge is 0.233 e. The zero-order valence-electron chi connectivity index (χ0n) is 10.4. The van der Waals surface area contributed by atoms with Crippen LogP contribution in [0.3, 0.4) is 0 Å². The quantitative estimate of drug-likeness (QED) is 0.899. The monoisotopic (exact) mass is 326 g/mol. The Morgan fingerprint density at radius 1 is 1.26 bits per heavy atom. The van der Waals surface area contributed by atoms with Crippen LogP contribution < -0.4 is 16.0 Å². The fraction of sp³-hybridized carbons (Fsp3) is 0.182. The molecule has 0 saturated carbocycles. The average molecular weight is 327 g/mol. The molecule has 100 valence electrons. The highest BCUT2D eigenvalue weighted by molar-refractivity contribution is 9.10. The highest BCUT2D eigenvalue weighted by Gasteiger charge is 2.08. The molecule has 0 spiro atoms. The van der Waals surface area contributed by atoms with Crippen molar-refractivity contribution in [3.8, 4) is 0 Å². The number of benzene rings is 1. The van der Waals surface area contributed by atoms with E-state index in [0.29, 0.717) is 16.1 Å². The van der Waals surface area contributed by atoms with E-state index in [-0.39, 0.29) is 17.7 Å².